The number of nitrogens with one attached hydrogen (secondary N) is 1. The first-order valence-electron chi connectivity index (χ1n) is 6.18. The van der Waals surface area contributed by atoms with Crippen LogP contribution in [0.1, 0.15) is 18.8 Å². The van der Waals surface area contributed by atoms with Crippen LogP contribution < -0.4 is 10.1 Å². The highest BCUT2D eigenvalue weighted by atomic mass is 35.5. The van der Waals surface area contributed by atoms with E-state index in [1.54, 1.807) is 6.20 Å². The standard InChI is InChI=1S/C14H18ClN3O/c1-10(19-12-6-4-5-11(15)9-12)13(16-2)14-17-7-8-18(14)3/h4-10,13,16H,1-3H3. The predicted molar refractivity (Wildman–Crippen MR) is 76.6 cm³/mol. The zero-order valence-corrected chi connectivity index (χ0v) is 12.1. The molecule has 19 heavy (non-hydrogen) atoms. The van der Waals surface area contributed by atoms with Crippen LogP contribution in [-0.2, 0) is 7.05 Å². The second-order valence-corrected chi connectivity index (χ2v) is 4.88. The average Bonchev–Trinajstić information content (AvgIpc) is 2.77. The van der Waals surface area contributed by atoms with Crippen LogP contribution >= 0.6 is 11.6 Å². The SMILES string of the molecule is CNC(c1nccn1C)C(C)Oc1cccc(Cl)c1. The van der Waals surface area contributed by atoms with Gasteiger partial charge >= 0.3 is 0 Å². The Balaban J connectivity index is 2.14. The Hall–Kier alpha value is -1.52. The number of hydrogen-bond donors (Lipinski definition) is 1. The minimum atomic E-state index is -0.0652. The molecule has 2 rings (SSSR count). The molecular weight excluding hydrogens is 262 g/mol. The highest BCUT2D eigenvalue weighted by Crippen LogP contribution is 2.22. The van der Waals surface area contributed by atoms with Gasteiger partial charge in [-0.1, -0.05) is 17.7 Å². The first kappa shape index (κ1) is 13.9. The maximum absolute atomic E-state index is 5.95. The monoisotopic (exact) mass is 279 g/mol. The van der Waals surface area contributed by atoms with Gasteiger partial charge in [0.05, 0.1) is 0 Å². The van der Waals surface area contributed by atoms with Crippen LogP contribution in [0, 0.1) is 0 Å². The van der Waals surface area contributed by atoms with Gasteiger partial charge in [-0.3, -0.25) is 0 Å². The topological polar surface area (TPSA) is 39.1 Å². The maximum atomic E-state index is 5.95. The lowest BCUT2D eigenvalue weighted by Gasteiger charge is -2.24. The van der Waals surface area contributed by atoms with Gasteiger partial charge in [-0.15, -0.1) is 0 Å². The molecule has 1 aromatic heterocycles. The Morgan fingerprint density at radius 2 is 2.21 bits per heavy atom. The average molecular weight is 280 g/mol. The van der Waals surface area contributed by atoms with E-state index in [9.17, 15) is 0 Å². The normalized spacial score (nSPS) is 14.1. The van der Waals surface area contributed by atoms with E-state index in [4.69, 9.17) is 16.3 Å². The molecule has 0 saturated heterocycles. The fraction of sp³-hybridized carbons (Fsp3) is 0.357. The number of ether oxygens (including phenoxy) is 1. The summed E-state index contributed by atoms with van der Waals surface area (Å²) in [5.74, 6) is 1.70. The number of imidazole rings is 1. The number of aryl methyl sites for hydroxylation is 1. The molecule has 0 aliphatic heterocycles. The zero-order valence-electron chi connectivity index (χ0n) is 11.3. The van der Waals surface area contributed by atoms with Crippen molar-refractivity contribution in [3.05, 3.63) is 47.5 Å². The molecule has 0 saturated carbocycles. The minimum Gasteiger partial charge on any atom is -0.489 e. The second-order valence-electron chi connectivity index (χ2n) is 4.44. The van der Waals surface area contributed by atoms with Gasteiger partial charge in [-0.05, 0) is 32.2 Å². The summed E-state index contributed by atoms with van der Waals surface area (Å²) < 4.78 is 7.91. The third-order valence-electron chi connectivity index (χ3n) is 3.04. The summed E-state index contributed by atoms with van der Waals surface area (Å²) in [5, 5.41) is 3.91. The van der Waals surface area contributed by atoms with E-state index in [1.807, 2.05) is 56.0 Å². The van der Waals surface area contributed by atoms with Crippen molar-refractivity contribution in [1.29, 1.82) is 0 Å². The third kappa shape index (κ3) is 3.28. The number of hydrogen-bond acceptors (Lipinski definition) is 3. The molecule has 5 heteroatoms. The van der Waals surface area contributed by atoms with E-state index in [1.165, 1.54) is 0 Å². The molecule has 1 N–H and O–H groups in total. The molecule has 0 aliphatic carbocycles. The van der Waals surface area contributed by atoms with Crippen LogP contribution in [-0.4, -0.2) is 22.7 Å². The molecule has 0 radical (unpaired) electrons. The molecule has 0 bridgehead atoms. The van der Waals surface area contributed by atoms with Crippen molar-refractivity contribution in [3.63, 3.8) is 0 Å². The van der Waals surface area contributed by atoms with Crippen LogP contribution in [0.4, 0.5) is 0 Å². The number of halogens is 1. The Labute approximate surface area is 118 Å². The fourth-order valence-corrected chi connectivity index (χ4v) is 2.25. The van der Waals surface area contributed by atoms with Crippen LogP contribution in [0.5, 0.6) is 5.75 Å². The Morgan fingerprint density at radius 1 is 1.42 bits per heavy atom. The Kier molecular flexibility index (Phi) is 4.45. The molecular formula is C14H18ClN3O. The van der Waals surface area contributed by atoms with Crippen LogP contribution in [0.2, 0.25) is 5.02 Å². The first-order chi connectivity index (χ1) is 9.11. The van der Waals surface area contributed by atoms with Crippen molar-refractivity contribution >= 4 is 11.6 Å². The van der Waals surface area contributed by atoms with Crippen molar-refractivity contribution < 1.29 is 4.74 Å². The van der Waals surface area contributed by atoms with E-state index in [-0.39, 0.29) is 12.1 Å². The number of likely N-dealkylation sites (N-methyl/N-ethyl adjacent to an activating group) is 1. The van der Waals surface area contributed by atoms with Crippen LogP contribution in [0.25, 0.3) is 0 Å². The maximum Gasteiger partial charge on any atom is 0.129 e. The zero-order chi connectivity index (χ0) is 13.8. The van der Waals surface area contributed by atoms with E-state index in [2.05, 4.69) is 10.3 Å². The van der Waals surface area contributed by atoms with E-state index >= 15 is 0 Å². The molecule has 0 spiro atoms. The molecule has 1 heterocycles. The summed E-state index contributed by atoms with van der Waals surface area (Å²) in [6, 6.07) is 7.42. The molecule has 0 fully saturated rings. The molecule has 4 nitrogen and oxygen atoms in total. The summed E-state index contributed by atoms with van der Waals surface area (Å²) in [4.78, 5) is 4.36. The molecule has 2 atom stereocenters. The first-order valence-corrected chi connectivity index (χ1v) is 6.56. The van der Waals surface area contributed by atoms with E-state index in [0.717, 1.165) is 11.6 Å². The highest BCUT2D eigenvalue weighted by molar-refractivity contribution is 6.30. The lowest BCUT2D eigenvalue weighted by molar-refractivity contribution is 0.169. The van der Waals surface area contributed by atoms with Crippen LogP contribution in [0.3, 0.4) is 0 Å². The smallest absolute Gasteiger partial charge is 0.129 e. The number of rotatable bonds is 5. The van der Waals surface area contributed by atoms with Crippen molar-refractivity contribution in [2.75, 3.05) is 7.05 Å². The predicted octanol–water partition coefficient (Wildman–Crippen LogP) is 2.80. The molecule has 2 aromatic rings. The van der Waals surface area contributed by atoms with Gasteiger partial charge in [0.15, 0.2) is 0 Å². The number of benzene rings is 1. The van der Waals surface area contributed by atoms with Gasteiger partial charge in [0.1, 0.15) is 23.7 Å². The lowest BCUT2D eigenvalue weighted by atomic mass is 10.1. The summed E-state index contributed by atoms with van der Waals surface area (Å²) in [6.45, 7) is 2.01. The van der Waals surface area contributed by atoms with Gasteiger partial charge in [0, 0.05) is 24.5 Å². The van der Waals surface area contributed by atoms with Crippen molar-refractivity contribution in [2.45, 2.75) is 19.1 Å². The number of nitrogens with zero attached hydrogens (tertiary/aromatic N) is 2. The summed E-state index contributed by atoms with van der Waals surface area (Å²) >= 11 is 5.95. The number of aromatic nitrogens is 2. The van der Waals surface area contributed by atoms with Gasteiger partial charge in [0.25, 0.3) is 0 Å². The van der Waals surface area contributed by atoms with Crippen molar-refractivity contribution in [2.24, 2.45) is 7.05 Å². The Bertz CT molecular complexity index is 541. The molecule has 1 aromatic carbocycles. The van der Waals surface area contributed by atoms with Gasteiger partial charge < -0.3 is 14.6 Å². The molecule has 0 aliphatic rings. The molecule has 102 valence electrons. The molecule has 2 unspecified atom stereocenters. The summed E-state index contributed by atoms with van der Waals surface area (Å²) in [5.41, 5.74) is 0. The van der Waals surface area contributed by atoms with Crippen LogP contribution in [0.15, 0.2) is 36.7 Å². The summed E-state index contributed by atoms with van der Waals surface area (Å²) in [6.07, 6.45) is 3.64. The highest BCUT2D eigenvalue weighted by Gasteiger charge is 2.22. The van der Waals surface area contributed by atoms with Gasteiger partial charge in [-0.2, -0.15) is 0 Å². The third-order valence-corrected chi connectivity index (χ3v) is 3.27. The minimum absolute atomic E-state index is 0.0129. The van der Waals surface area contributed by atoms with E-state index in [0.29, 0.717) is 5.02 Å². The van der Waals surface area contributed by atoms with Gasteiger partial charge in [-0.25, -0.2) is 4.98 Å². The van der Waals surface area contributed by atoms with Crippen molar-refractivity contribution in [1.82, 2.24) is 14.9 Å². The van der Waals surface area contributed by atoms with Gasteiger partial charge in [0.2, 0.25) is 0 Å². The van der Waals surface area contributed by atoms with Crippen molar-refractivity contribution in [3.8, 4) is 5.75 Å². The quantitative estimate of drug-likeness (QED) is 0.915. The summed E-state index contributed by atoms with van der Waals surface area (Å²) in [7, 11) is 3.87. The molecule has 0 amide bonds. The second kappa shape index (κ2) is 6.08. The Morgan fingerprint density at radius 3 is 2.79 bits per heavy atom. The largest absolute Gasteiger partial charge is 0.489 e. The lowest BCUT2D eigenvalue weighted by Crippen LogP contribution is -2.33. The van der Waals surface area contributed by atoms with E-state index < -0.39 is 0 Å². The fourth-order valence-electron chi connectivity index (χ4n) is 2.07.